The Balaban J connectivity index is 1.46. The van der Waals surface area contributed by atoms with Gasteiger partial charge in [-0.05, 0) is 50.8 Å². The Kier molecular flexibility index (Phi) is 4.75. The quantitative estimate of drug-likeness (QED) is 0.762. The lowest BCUT2D eigenvalue weighted by Crippen LogP contribution is -2.33. The van der Waals surface area contributed by atoms with Gasteiger partial charge in [-0.1, -0.05) is 0 Å². The molecule has 1 aliphatic rings. The Morgan fingerprint density at radius 3 is 2.58 bits per heavy atom. The van der Waals surface area contributed by atoms with Crippen LogP contribution in [0.2, 0.25) is 0 Å². The van der Waals surface area contributed by atoms with Gasteiger partial charge in [0.1, 0.15) is 5.82 Å². The predicted octanol–water partition coefficient (Wildman–Crippen LogP) is 3.06. The first kappa shape index (κ1) is 16.8. The number of nitrogens with zero attached hydrogens (tertiary/aromatic N) is 5. The molecule has 8 heteroatoms. The maximum Gasteiger partial charge on any atom is 0.267 e. The van der Waals surface area contributed by atoms with Gasteiger partial charge in [-0.3, -0.25) is 9.78 Å². The van der Waals surface area contributed by atoms with E-state index in [0.29, 0.717) is 6.04 Å². The Morgan fingerprint density at radius 1 is 1.12 bits per heavy atom. The minimum Gasteiger partial charge on any atom is -0.358 e. The molecule has 0 atom stereocenters. The van der Waals surface area contributed by atoms with Crippen molar-refractivity contribution in [1.82, 2.24) is 24.1 Å². The molecule has 0 radical (unpaired) electrons. The number of hydrogen-bond acceptors (Lipinski definition) is 7. The summed E-state index contributed by atoms with van der Waals surface area (Å²) in [4.78, 5) is 20.7. The van der Waals surface area contributed by atoms with E-state index in [9.17, 15) is 4.79 Å². The molecule has 26 heavy (non-hydrogen) atoms. The molecule has 0 aromatic carbocycles. The lowest BCUT2D eigenvalue weighted by atomic mass is 9.91. The Labute approximate surface area is 155 Å². The molecular weight excluding hydrogens is 348 g/mol. The lowest BCUT2D eigenvalue weighted by molar-refractivity contribution is 0.304. The Hall–Kier alpha value is -2.61. The van der Waals surface area contributed by atoms with Crippen LogP contribution in [0.5, 0.6) is 0 Å². The van der Waals surface area contributed by atoms with E-state index < -0.39 is 0 Å². The van der Waals surface area contributed by atoms with Gasteiger partial charge in [0.05, 0.1) is 11.7 Å². The van der Waals surface area contributed by atoms with E-state index in [1.165, 1.54) is 11.5 Å². The molecular formula is C18H20N6OS. The average molecular weight is 368 g/mol. The van der Waals surface area contributed by atoms with E-state index >= 15 is 0 Å². The predicted molar refractivity (Wildman–Crippen MR) is 101 cm³/mol. The number of aromatic nitrogens is 5. The van der Waals surface area contributed by atoms with Gasteiger partial charge in [0.2, 0.25) is 5.13 Å². The highest BCUT2D eigenvalue weighted by Crippen LogP contribution is 2.29. The van der Waals surface area contributed by atoms with Crippen LogP contribution in [0.15, 0.2) is 41.5 Å². The summed E-state index contributed by atoms with van der Waals surface area (Å²) < 4.78 is 5.86. The summed E-state index contributed by atoms with van der Waals surface area (Å²) in [6, 6.07) is 7.71. The summed E-state index contributed by atoms with van der Waals surface area (Å²) in [6.45, 7) is 1.90. The van der Waals surface area contributed by atoms with Crippen molar-refractivity contribution >= 4 is 16.7 Å². The van der Waals surface area contributed by atoms with Crippen LogP contribution in [0, 0.1) is 6.92 Å². The molecule has 1 fully saturated rings. The second-order valence-corrected chi connectivity index (χ2v) is 7.29. The van der Waals surface area contributed by atoms with E-state index in [-0.39, 0.29) is 11.6 Å². The SMILES string of the molecule is Cc1nsc(NC2CCC(n3nc(-c4ccncc4)ccc3=O)CC2)n1. The highest BCUT2D eigenvalue weighted by Gasteiger charge is 2.24. The molecule has 0 bridgehead atoms. The second-order valence-electron chi connectivity index (χ2n) is 6.53. The number of aryl methyl sites for hydroxylation is 1. The zero-order chi connectivity index (χ0) is 17.9. The lowest BCUT2D eigenvalue weighted by Gasteiger charge is -2.29. The largest absolute Gasteiger partial charge is 0.358 e. The van der Waals surface area contributed by atoms with Gasteiger partial charge in [0.15, 0.2) is 0 Å². The van der Waals surface area contributed by atoms with Crippen molar-refractivity contribution in [2.45, 2.75) is 44.7 Å². The molecule has 0 aliphatic heterocycles. The van der Waals surface area contributed by atoms with Gasteiger partial charge in [0.25, 0.3) is 5.56 Å². The van der Waals surface area contributed by atoms with Crippen molar-refractivity contribution in [2.75, 3.05) is 5.32 Å². The van der Waals surface area contributed by atoms with Gasteiger partial charge in [-0.15, -0.1) is 0 Å². The van der Waals surface area contributed by atoms with Gasteiger partial charge in [-0.2, -0.15) is 9.47 Å². The third-order valence-electron chi connectivity index (χ3n) is 4.70. The van der Waals surface area contributed by atoms with Crippen molar-refractivity contribution in [3.8, 4) is 11.3 Å². The third-order valence-corrected chi connectivity index (χ3v) is 5.44. The fourth-order valence-corrected chi connectivity index (χ4v) is 4.01. The summed E-state index contributed by atoms with van der Waals surface area (Å²) in [7, 11) is 0. The zero-order valence-electron chi connectivity index (χ0n) is 14.5. The average Bonchev–Trinajstić information content (AvgIpc) is 3.08. The Bertz CT molecular complexity index is 930. The van der Waals surface area contributed by atoms with Crippen LogP contribution in [0.25, 0.3) is 11.3 Å². The standard InChI is InChI=1S/C18H20N6OS/c1-12-20-18(26-23-12)21-14-2-4-15(5-3-14)24-17(25)7-6-16(22-24)13-8-10-19-11-9-13/h6-11,14-15H,2-5H2,1H3,(H,20,21,23). The van der Waals surface area contributed by atoms with Crippen molar-refractivity contribution in [2.24, 2.45) is 0 Å². The van der Waals surface area contributed by atoms with E-state index in [0.717, 1.165) is 47.9 Å². The summed E-state index contributed by atoms with van der Waals surface area (Å²) in [5, 5.41) is 8.95. The number of pyridine rings is 1. The van der Waals surface area contributed by atoms with Crippen LogP contribution in [-0.2, 0) is 0 Å². The van der Waals surface area contributed by atoms with Gasteiger partial charge >= 0.3 is 0 Å². The summed E-state index contributed by atoms with van der Waals surface area (Å²) in [5.41, 5.74) is 1.73. The van der Waals surface area contributed by atoms with Crippen molar-refractivity contribution in [3.05, 3.63) is 52.8 Å². The van der Waals surface area contributed by atoms with Crippen molar-refractivity contribution in [3.63, 3.8) is 0 Å². The number of hydrogen-bond donors (Lipinski definition) is 1. The maximum absolute atomic E-state index is 12.3. The molecule has 0 amide bonds. The second kappa shape index (κ2) is 7.33. The molecule has 0 unspecified atom stereocenters. The minimum atomic E-state index is -0.0426. The maximum atomic E-state index is 12.3. The molecule has 4 rings (SSSR count). The van der Waals surface area contributed by atoms with Crippen LogP contribution in [0.3, 0.4) is 0 Å². The normalized spacial score (nSPS) is 20.0. The monoisotopic (exact) mass is 368 g/mol. The topological polar surface area (TPSA) is 85.6 Å². The molecule has 0 spiro atoms. The Morgan fingerprint density at radius 2 is 1.88 bits per heavy atom. The first-order chi connectivity index (χ1) is 12.7. The molecule has 3 aromatic heterocycles. The van der Waals surface area contributed by atoms with E-state index in [1.807, 2.05) is 19.1 Å². The molecule has 3 aromatic rings. The highest BCUT2D eigenvalue weighted by atomic mass is 32.1. The number of anilines is 1. The molecule has 3 heterocycles. The minimum absolute atomic E-state index is 0.0426. The van der Waals surface area contributed by atoms with Crippen LogP contribution >= 0.6 is 11.5 Å². The van der Waals surface area contributed by atoms with Gasteiger partial charge < -0.3 is 5.32 Å². The van der Waals surface area contributed by atoms with Crippen molar-refractivity contribution < 1.29 is 0 Å². The summed E-state index contributed by atoms with van der Waals surface area (Å²) >= 11 is 1.40. The smallest absolute Gasteiger partial charge is 0.267 e. The van der Waals surface area contributed by atoms with E-state index in [1.54, 1.807) is 29.2 Å². The third kappa shape index (κ3) is 3.65. The molecule has 1 N–H and O–H groups in total. The summed E-state index contributed by atoms with van der Waals surface area (Å²) in [6.07, 6.45) is 7.27. The van der Waals surface area contributed by atoms with E-state index in [2.05, 4.69) is 24.8 Å². The highest BCUT2D eigenvalue weighted by molar-refractivity contribution is 7.09. The molecule has 0 saturated heterocycles. The van der Waals surface area contributed by atoms with Gasteiger partial charge in [0, 0.05) is 41.6 Å². The molecule has 1 aliphatic carbocycles. The molecule has 134 valence electrons. The first-order valence-electron chi connectivity index (χ1n) is 8.76. The van der Waals surface area contributed by atoms with Crippen LogP contribution in [0.4, 0.5) is 5.13 Å². The van der Waals surface area contributed by atoms with Crippen LogP contribution in [-0.4, -0.2) is 30.2 Å². The van der Waals surface area contributed by atoms with Crippen LogP contribution < -0.4 is 10.9 Å². The molecule has 7 nitrogen and oxygen atoms in total. The van der Waals surface area contributed by atoms with E-state index in [4.69, 9.17) is 0 Å². The molecule has 1 saturated carbocycles. The fourth-order valence-electron chi connectivity index (χ4n) is 3.36. The van der Waals surface area contributed by atoms with Crippen molar-refractivity contribution in [1.29, 1.82) is 0 Å². The van der Waals surface area contributed by atoms with Gasteiger partial charge in [-0.25, -0.2) is 9.67 Å². The number of rotatable bonds is 4. The zero-order valence-corrected chi connectivity index (χ0v) is 15.3. The first-order valence-corrected chi connectivity index (χ1v) is 9.53. The van der Waals surface area contributed by atoms with Crippen LogP contribution in [0.1, 0.15) is 37.5 Å². The summed E-state index contributed by atoms with van der Waals surface area (Å²) in [5.74, 6) is 0.801. The fraction of sp³-hybridized carbons (Fsp3) is 0.389. The number of nitrogens with one attached hydrogen (secondary N) is 1.